The number of nitrogens with zero attached hydrogens (tertiary/aromatic N) is 1. The van der Waals surface area contributed by atoms with Crippen LogP contribution in [-0.2, 0) is 4.79 Å². The molecule has 0 amide bonds. The van der Waals surface area contributed by atoms with E-state index in [1.54, 1.807) is 16.9 Å². The summed E-state index contributed by atoms with van der Waals surface area (Å²) in [7, 11) is 0. The van der Waals surface area contributed by atoms with E-state index in [0.717, 1.165) is 55.6 Å². The van der Waals surface area contributed by atoms with Crippen LogP contribution < -0.4 is 0 Å². The number of hydrogen-bond acceptors (Lipinski definition) is 4. The fourth-order valence-electron chi connectivity index (χ4n) is 8.24. The number of aliphatic hydroxyl groups is 1. The van der Waals surface area contributed by atoms with E-state index in [1.165, 1.54) is 22.3 Å². The summed E-state index contributed by atoms with van der Waals surface area (Å²) in [6.45, 7) is 6.67. The largest absolute Gasteiger partial charge is 0.392 e. The first kappa shape index (κ1) is 25.0. The van der Waals surface area contributed by atoms with Crippen molar-refractivity contribution in [2.24, 2.45) is 23.2 Å². The molecule has 1 N–H and O–H groups in total. The maximum absolute atomic E-state index is 12.3. The molecular formula is C33H39NO2S. The lowest BCUT2D eigenvalue weighted by atomic mass is 9.53. The van der Waals surface area contributed by atoms with Crippen LogP contribution in [0.3, 0.4) is 0 Å². The Balaban J connectivity index is 1.38. The van der Waals surface area contributed by atoms with Crippen molar-refractivity contribution in [3.8, 4) is 0 Å². The van der Waals surface area contributed by atoms with Gasteiger partial charge in [-0.25, -0.2) is 4.98 Å². The predicted octanol–water partition coefficient (Wildman–Crippen LogP) is 7.91. The van der Waals surface area contributed by atoms with Gasteiger partial charge in [-0.15, -0.1) is 11.3 Å². The van der Waals surface area contributed by atoms with Gasteiger partial charge in [-0.3, -0.25) is 4.79 Å². The number of thiazole rings is 1. The Hall–Kier alpha value is -2.30. The summed E-state index contributed by atoms with van der Waals surface area (Å²) in [5.41, 5.74) is 7.90. The monoisotopic (exact) mass is 513 g/mol. The summed E-state index contributed by atoms with van der Waals surface area (Å²) in [4.78, 5) is 16.8. The minimum Gasteiger partial charge on any atom is -0.392 e. The number of hydrogen-bond donors (Lipinski definition) is 1. The molecule has 6 rings (SSSR count). The average molecular weight is 514 g/mol. The molecule has 2 fully saturated rings. The lowest BCUT2D eigenvalue weighted by Crippen LogP contribution is -2.45. The number of carbonyl (C=O) groups is 1. The van der Waals surface area contributed by atoms with E-state index < -0.39 is 0 Å². The van der Waals surface area contributed by atoms with Gasteiger partial charge in [-0.1, -0.05) is 56.2 Å². The van der Waals surface area contributed by atoms with Gasteiger partial charge in [0.1, 0.15) is 0 Å². The third-order valence-corrected chi connectivity index (χ3v) is 10.7. The Morgan fingerprint density at radius 2 is 1.97 bits per heavy atom. The SMILES string of the molecule is CCCC1CC2C3CCC4=CC(=O)CCC4=C3C(c3ccc(C=Cc4csc(C)n4)cc3)CC2(C)C1O. The highest BCUT2D eigenvalue weighted by Gasteiger charge is 2.59. The van der Waals surface area contributed by atoms with Crippen LogP contribution in [0.5, 0.6) is 0 Å². The first-order valence-electron chi connectivity index (χ1n) is 14.2. The zero-order chi connectivity index (χ0) is 25.7. The molecule has 1 heterocycles. The van der Waals surface area contributed by atoms with Gasteiger partial charge >= 0.3 is 0 Å². The van der Waals surface area contributed by atoms with Gasteiger partial charge in [0.05, 0.1) is 16.8 Å². The zero-order valence-corrected chi connectivity index (χ0v) is 23.2. The summed E-state index contributed by atoms with van der Waals surface area (Å²) < 4.78 is 0. The molecule has 2 saturated carbocycles. The van der Waals surface area contributed by atoms with E-state index in [2.05, 4.69) is 60.6 Å². The van der Waals surface area contributed by atoms with Gasteiger partial charge in [0.25, 0.3) is 0 Å². The lowest BCUT2D eigenvalue weighted by Gasteiger charge is -2.52. The molecule has 1 aromatic heterocycles. The maximum Gasteiger partial charge on any atom is 0.156 e. The Kier molecular flexibility index (Phi) is 6.61. The fraction of sp³-hybridized carbons (Fsp3) is 0.515. The molecule has 0 aliphatic heterocycles. The topological polar surface area (TPSA) is 50.2 Å². The number of ketones is 1. The molecular weight excluding hydrogens is 474 g/mol. The number of aromatic nitrogens is 1. The quantitative estimate of drug-likeness (QED) is 0.442. The second-order valence-corrected chi connectivity index (χ2v) is 13.2. The number of aliphatic hydroxyl groups excluding tert-OH is 1. The van der Waals surface area contributed by atoms with Gasteiger partial charge in [0, 0.05) is 17.7 Å². The van der Waals surface area contributed by atoms with Crippen molar-refractivity contribution < 1.29 is 9.90 Å². The highest BCUT2D eigenvalue weighted by molar-refractivity contribution is 7.09. The minimum absolute atomic E-state index is 0.0496. The molecule has 1 aromatic carbocycles. The number of carbonyl (C=O) groups excluding carboxylic acids is 1. The lowest BCUT2D eigenvalue weighted by molar-refractivity contribution is -0.114. The third-order valence-electron chi connectivity index (χ3n) is 9.93. The highest BCUT2D eigenvalue weighted by atomic mass is 32.1. The molecule has 6 atom stereocenters. The third kappa shape index (κ3) is 4.40. The van der Waals surface area contributed by atoms with E-state index >= 15 is 0 Å². The molecule has 0 spiro atoms. The van der Waals surface area contributed by atoms with E-state index in [-0.39, 0.29) is 11.5 Å². The smallest absolute Gasteiger partial charge is 0.156 e. The first-order valence-corrected chi connectivity index (χ1v) is 15.1. The molecule has 194 valence electrons. The van der Waals surface area contributed by atoms with Crippen LogP contribution in [0.2, 0.25) is 0 Å². The number of aryl methyl sites for hydroxylation is 1. The normalized spacial score (nSPS) is 33.4. The van der Waals surface area contributed by atoms with Crippen LogP contribution in [-0.4, -0.2) is 22.0 Å². The van der Waals surface area contributed by atoms with Crippen molar-refractivity contribution in [1.82, 2.24) is 4.98 Å². The van der Waals surface area contributed by atoms with Crippen LogP contribution in [0, 0.1) is 30.1 Å². The molecule has 0 bridgehead atoms. The summed E-state index contributed by atoms with van der Waals surface area (Å²) in [5.74, 6) is 2.08. The second kappa shape index (κ2) is 9.78. The number of rotatable bonds is 5. The Morgan fingerprint density at radius 1 is 1.16 bits per heavy atom. The standard InChI is InChI=1S/C33H39NO2S/c1-4-5-24-17-30-28-14-11-23-16-26(35)13-15-27(23)31(28)29(18-33(30,3)32(24)36)22-9-6-21(7-10-22)8-12-25-19-37-20(2)34-25/h6-10,12,16,19,24,28-30,32,36H,4-5,11,13-15,17-18H2,1-3H3. The van der Waals surface area contributed by atoms with Crippen LogP contribution in [0.15, 0.2) is 52.4 Å². The Bertz CT molecular complexity index is 1280. The first-order chi connectivity index (χ1) is 17.9. The van der Waals surface area contributed by atoms with Gasteiger partial charge in [-0.05, 0) is 103 Å². The van der Waals surface area contributed by atoms with Gasteiger partial charge in [0.2, 0.25) is 0 Å². The van der Waals surface area contributed by atoms with E-state index in [1.807, 2.05) is 13.0 Å². The zero-order valence-electron chi connectivity index (χ0n) is 22.4. The molecule has 4 aliphatic rings. The van der Waals surface area contributed by atoms with Gasteiger partial charge in [-0.2, -0.15) is 0 Å². The van der Waals surface area contributed by atoms with E-state index in [0.29, 0.717) is 35.9 Å². The highest BCUT2D eigenvalue weighted by Crippen LogP contribution is 2.65. The van der Waals surface area contributed by atoms with Crippen molar-refractivity contribution in [1.29, 1.82) is 0 Å². The van der Waals surface area contributed by atoms with Gasteiger partial charge in [0.15, 0.2) is 5.78 Å². The van der Waals surface area contributed by atoms with E-state index in [4.69, 9.17) is 0 Å². The number of fused-ring (bicyclic) bond motifs is 4. The van der Waals surface area contributed by atoms with Crippen molar-refractivity contribution in [2.45, 2.75) is 84.2 Å². The summed E-state index contributed by atoms with van der Waals surface area (Å²) in [6.07, 6.45) is 14.0. The average Bonchev–Trinajstić information content (AvgIpc) is 3.42. The summed E-state index contributed by atoms with van der Waals surface area (Å²) >= 11 is 1.68. The van der Waals surface area contributed by atoms with Crippen molar-refractivity contribution >= 4 is 29.3 Å². The van der Waals surface area contributed by atoms with Crippen molar-refractivity contribution in [3.63, 3.8) is 0 Å². The van der Waals surface area contributed by atoms with Crippen molar-refractivity contribution in [3.05, 3.63) is 74.3 Å². The molecule has 4 heteroatoms. The molecule has 2 aromatic rings. The predicted molar refractivity (Wildman–Crippen MR) is 152 cm³/mol. The maximum atomic E-state index is 12.3. The molecule has 6 unspecified atom stereocenters. The van der Waals surface area contributed by atoms with Crippen LogP contribution in [0.4, 0.5) is 0 Å². The molecule has 3 nitrogen and oxygen atoms in total. The molecule has 37 heavy (non-hydrogen) atoms. The van der Waals surface area contributed by atoms with Crippen molar-refractivity contribution in [2.75, 3.05) is 0 Å². The summed E-state index contributed by atoms with van der Waals surface area (Å²) in [5, 5.41) is 14.8. The van der Waals surface area contributed by atoms with E-state index in [9.17, 15) is 9.90 Å². The minimum atomic E-state index is -0.222. The van der Waals surface area contributed by atoms with Crippen LogP contribution in [0.25, 0.3) is 12.2 Å². The molecule has 4 aliphatic carbocycles. The van der Waals surface area contributed by atoms with Crippen LogP contribution >= 0.6 is 11.3 Å². The second-order valence-electron chi connectivity index (χ2n) is 12.1. The number of benzene rings is 1. The van der Waals surface area contributed by atoms with Crippen LogP contribution in [0.1, 0.15) is 93.0 Å². The molecule has 0 saturated heterocycles. The Labute approximate surface area is 225 Å². The van der Waals surface area contributed by atoms with Gasteiger partial charge < -0.3 is 5.11 Å². The number of allylic oxidation sites excluding steroid dienone is 4. The fourth-order valence-corrected chi connectivity index (χ4v) is 8.82. The Morgan fingerprint density at radius 3 is 2.70 bits per heavy atom. The summed E-state index contributed by atoms with van der Waals surface area (Å²) in [6, 6.07) is 9.08. The molecule has 0 radical (unpaired) electrons.